The standard InChI is InChI=1S/C4H5NO2.H3N/c6-3-1-2-4(7)5-3;/h1-2H2,(H,5,6,7);1H3. The van der Waals surface area contributed by atoms with E-state index in [1.807, 2.05) is 0 Å². The molecule has 1 saturated heterocycles. The Bertz CT molecular complexity index is 107. The molecule has 46 valence electrons. The molecule has 0 unspecified atom stereocenters. The molecule has 0 spiro atoms. The van der Waals surface area contributed by atoms with Crippen molar-refractivity contribution in [2.24, 2.45) is 0 Å². The molecule has 0 radical (unpaired) electrons. The highest BCUT2D eigenvalue weighted by atomic mass is 16.2. The highest BCUT2D eigenvalue weighted by Gasteiger charge is 2.15. The molecule has 2 amide bonds. The number of rotatable bonds is 0. The lowest BCUT2D eigenvalue weighted by atomic mass is 10.4. The summed E-state index contributed by atoms with van der Waals surface area (Å²) in [6.07, 6.45) is 0.748. The minimum Gasteiger partial charge on any atom is -0.344 e. The van der Waals surface area contributed by atoms with Crippen molar-refractivity contribution in [1.29, 1.82) is 0 Å². The smallest absolute Gasteiger partial charge is 0.227 e. The summed E-state index contributed by atoms with van der Waals surface area (Å²) < 4.78 is 0. The van der Waals surface area contributed by atoms with Gasteiger partial charge in [-0.2, -0.15) is 0 Å². The Hall–Kier alpha value is -0.900. The summed E-state index contributed by atoms with van der Waals surface area (Å²) in [5, 5.41) is 2.14. The van der Waals surface area contributed by atoms with Crippen LogP contribution in [0.25, 0.3) is 0 Å². The summed E-state index contributed by atoms with van der Waals surface area (Å²) in [4.78, 5) is 20.2. The van der Waals surface area contributed by atoms with Crippen LogP contribution in [-0.4, -0.2) is 11.8 Å². The van der Waals surface area contributed by atoms with E-state index in [0.29, 0.717) is 12.8 Å². The van der Waals surface area contributed by atoms with Crippen LogP contribution in [0, 0.1) is 0 Å². The van der Waals surface area contributed by atoms with E-state index in [-0.39, 0.29) is 18.0 Å². The minimum absolute atomic E-state index is 0. The average molecular weight is 116 g/mol. The maximum absolute atomic E-state index is 10.1. The predicted octanol–water partition coefficient (Wildman–Crippen LogP) is -0.415. The van der Waals surface area contributed by atoms with Crippen molar-refractivity contribution in [3.8, 4) is 0 Å². The van der Waals surface area contributed by atoms with Gasteiger partial charge in [0.2, 0.25) is 11.8 Å². The molecule has 0 aliphatic carbocycles. The molecule has 4 N–H and O–H groups in total. The summed E-state index contributed by atoms with van der Waals surface area (Å²) in [7, 11) is 0. The first-order valence-corrected chi connectivity index (χ1v) is 2.12. The van der Waals surface area contributed by atoms with Gasteiger partial charge in [-0.25, -0.2) is 0 Å². The molecular formula is C4H8N2O2. The fourth-order valence-corrected chi connectivity index (χ4v) is 0.508. The largest absolute Gasteiger partial charge is 0.344 e. The Balaban J connectivity index is 0.000000490. The SMILES string of the molecule is N.O=C1CCC(=O)N1. The first-order chi connectivity index (χ1) is 3.29. The van der Waals surface area contributed by atoms with Crippen LogP contribution in [0.15, 0.2) is 0 Å². The second kappa shape index (κ2) is 2.42. The van der Waals surface area contributed by atoms with Crippen LogP contribution >= 0.6 is 0 Å². The highest BCUT2D eigenvalue weighted by molar-refractivity contribution is 6.01. The van der Waals surface area contributed by atoms with Crippen LogP contribution in [0.1, 0.15) is 12.8 Å². The van der Waals surface area contributed by atoms with Crippen LogP contribution < -0.4 is 11.5 Å². The lowest BCUT2D eigenvalue weighted by Gasteiger charge is -1.79. The lowest BCUT2D eigenvalue weighted by molar-refractivity contribution is -0.124. The number of hydrogen-bond donors (Lipinski definition) is 2. The predicted molar refractivity (Wildman–Crippen MR) is 27.4 cm³/mol. The Morgan fingerprint density at radius 1 is 1.12 bits per heavy atom. The Morgan fingerprint density at radius 3 is 1.62 bits per heavy atom. The van der Waals surface area contributed by atoms with Gasteiger partial charge in [0.25, 0.3) is 0 Å². The molecule has 0 saturated carbocycles. The fraction of sp³-hybridized carbons (Fsp3) is 0.500. The molecule has 4 heteroatoms. The minimum atomic E-state index is -0.148. The molecule has 1 aliphatic rings. The number of imide groups is 1. The second-order valence-corrected chi connectivity index (χ2v) is 1.47. The third kappa shape index (κ3) is 1.31. The zero-order valence-electron chi connectivity index (χ0n) is 4.44. The Kier molecular flexibility index (Phi) is 2.15. The molecule has 0 aromatic rings. The third-order valence-corrected chi connectivity index (χ3v) is 0.858. The fourth-order valence-electron chi connectivity index (χ4n) is 0.508. The lowest BCUT2D eigenvalue weighted by Crippen LogP contribution is -2.18. The van der Waals surface area contributed by atoms with Crippen LogP contribution in [0.4, 0.5) is 0 Å². The number of carbonyl (C=O) groups excluding carboxylic acids is 2. The van der Waals surface area contributed by atoms with Gasteiger partial charge in [0, 0.05) is 12.8 Å². The van der Waals surface area contributed by atoms with Gasteiger partial charge >= 0.3 is 0 Å². The number of carbonyl (C=O) groups is 2. The van der Waals surface area contributed by atoms with Crippen molar-refractivity contribution < 1.29 is 9.59 Å². The molecule has 0 aromatic carbocycles. The topological polar surface area (TPSA) is 81.2 Å². The zero-order valence-corrected chi connectivity index (χ0v) is 4.44. The molecule has 1 aliphatic heterocycles. The van der Waals surface area contributed by atoms with E-state index in [9.17, 15) is 9.59 Å². The van der Waals surface area contributed by atoms with E-state index in [0.717, 1.165) is 0 Å². The van der Waals surface area contributed by atoms with Crippen LogP contribution in [0.2, 0.25) is 0 Å². The molecule has 8 heavy (non-hydrogen) atoms. The molecular weight excluding hydrogens is 108 g/mol. The van der Waals surface area contributed by atoms with E-state index in [2.05, 4.69) is 5.32 Å². The van der Waals surface area contributed by atoms with Gasteiger partial charge in [-0.1, -0.05) is 0 Å². The van der Waals surface area contributed by atoms with E-state index in [1.165, 1.54) is 0 Å². The zero-order chi connectivity index (χ0) is 5.28. The maximum atomic E-state index is 10.1. The van der Waals surface area contributed by atoms with Gasteiger partial charge in [0.1, 0.15) is 0 Å². The van der Waals surface area contributed by atoms with E-state index in [4.69, 9.17) is 0 Å². The van der Waals surface area contributed by atoms with Crippen LogP contribution in [0.5, 0.6) is 0 Å². The third-order valence-electron chi connectivity index (χ3n) is 0.858. The summed E-state index contributed by atoms with van der Waals surface area (Å²) in [5.74, 6) is -0.296. The molecule has 4 nitrogen and oxygen atoms in total. The van der Waals surface area contributed by atoms with Gasteiger partial charge in [-0.05, 0) is 0 Å². The summed E-state index contributed by atoms with van der Waals surface area (Å²) in [6.45, 7) is 0. The molecule has 0 aromatic heterocycles. The highest BCUT2D eigenvalue weighted by Crippen LogP contribution is 1.95. The number of amides is 2. The first-order valence-electron chi connectivity index (χ1n) is 2.12. The molecule has 0 bridgehead atoms. The normalized spacial score (nSPS) is 17.5. The van der Waals surface area contributed by atoms with Crippen molar-refractivity contribution in [3.63, 3.8) is 0 Å². The maximum Gasteiger partial charge on any atom is 0.227 e. The monoisotopic (exact) mass is 116 g/mol. The molecule has 1 heterocycles. The van der Waals surface area contributed by atoms with E-state index >= 15 is 0 Å². The molecule has 1 fully saturated rings. The van der Waals surface area contributed by atoms with Gasteiger partial charge in [0.15, 0.2) is 0 Å². The summed E-state index contributed by atoms with van der Waals surface area (Å²) in [6, 6.07) is 0. The van der Waals surface area contributed by atoms with Gasteiger partial charge in [0.05, 0.1) is 0 Å². The van der Waals surface area contributed by atoms with Gasteiger partial charge < -0.3 is 6.15 Å². The summed E-state index contributed by atoms with van der Waals surface area (Å²) in [5.41, 5.74) is 0. The van der Waals surface area contributed by atoms with E-state index < -0.39 is 0 Å². The van der Waals surface area contributed by atoms with Crippen molar-refractivity contribution in [2.45, 2.75) is 12.8 Å². The molecule has 0 atom stereocenters. The number of nitrogens with one attached hydrogen (secondary N) is 1. The number of hydrogen-bond acceptors (Lipinski definition) is 3. The van der Waals surface area contributed by atoms with E-state index in [1.54, 1.807) is 0 Å². The van der Waals surface area contributed by atoms with Gasteiger partial charge in [-0.15, -0.1) is 0 Å². The van der Waals surface area contributed by atoms with Crippen molar-refractivity contribution in [1.82, 2.24) is 11.5 Å². The Morgan fingerprint density at radius 2 is 1.50 bits per heavy atom. The Labute approximate surface area is 46.8 Å². The quantitative estimate of drug-likeness (QED) is 0.422. The second-order valence-electron chi connectivity index (χ2n) is 1.47. The average Bonchev–Trinajstić information content (AvgIpc) is 1.87. The van der Waals surface area contributed by atoms with Gasteiger partial charge in [-0.3, -0.25) is 14.9 Å². The molecule has 1 rings (SSSR count). The van der Waals surface area contributed by atoms with Crippen LogP contribution in [0.3, 0.4) is 0 Å². The first kappa shape index (κ1) is 7.10. The van der Waals surface area contributed by atoms with Crippen LogP contribution in [-0.2, 0) is 9.59 Å². The van der Waals surface area contributed by atoms with Crippen molar-refractivity contribution >= 4 is 11.8 Å². The van der Waals surface area contributed by atoms with Crippen molar-refractivity contribution in [2.75, 3.05) is 0 Å². The van der Waals surface area contributed by atoms with Crippen molar-refractivity contribution in [3.05, 3.63) is 0 Å². The summed E-state index contributed by atoms with van der Waals surface area (Å²) >= 11 is 0.